The second kappa shape index (κ2) is 16.7. The Morgan fingerprint density at radius 2 is 1.59 bits per heavy atom. The molecule has 2 aliphatic heterocycles. The van der Waals surface area contributed by atoms with Gasteiger partial charge in [0.25, 0.3) is 0 Å². The van der Waals surface area contributed by atoms with Crippen LogP contribution >= 0.6 is 0 Å². The van der Waals surface area contributed by atoms with Crippen molar-refractivity contribution in [2.24, 2.45) is 5.92 Å². The van der Waals surface area contributed by atoms with Gasteiger partial charge in [0.2, 0.25) is 5.91 Å². The Hall–Kier alpha value is -3.76. The lowest BCUT2D eigenvalue weighted by atomic mass is 9.75. The molecule has 0 bridgehead atoms. The lowest BCUT2D eigenvalue weighted by molar-refractivity contribution is -0.255. The number of hydrogen-bond acceptors (Lipinski definition) is 6. The van der Waals surface area contributed by atoms with Crippen LogP contribution in [0.25, 0.3) is 11.1 Å². The molecule has 1 saturated carbocycles. The molecule has 9 nitrogen and oxygen atoms in total. The van der Waals surface area contributed by atoms with E-state index in [1.807, 2.05) is 64.1 Å². The Bertz CT molecular complexity index is 1600. The number of carbonyl (C=O) groups excluding carboxylic acids is 2. The monoisotopic (exact) mass is 696 g/mol. The minimum Gasteiger partial charge on any atom is -0.392 e. The van der Waals surface area contributed by atoms with Crippen LogP contribution in [0.15, 0.2) is 72.8 Å². The standard InChI is InChI=1S/C42H56N4O5/c1-5-43-41(49)44-25-29-9-8-11-34(23-29)30-17-19-33(20-18-30)40-50-35(24-38(51-40)32-15-13-28(27-47)14-16-32)26-46-36-12-7-6-10-31(36)21-22-37(46)39(48)45-42(2,3)4/h8-9,11,13-20,23,31,35-38,40,47H,5-7,10,12,21-22,24-27H2,1-4H3,(H,45,48)(H2,43,44,49). The fourth-order valence-corrected chi connectivity index (χ4v) is 8.09. The molecule has 51 heavy (non-hydrogen) atoms. The number of aliphatic hydroxyl groups excluding tert-OH is 1. The molecule has 3 amide bonds. The van der Waals surface area contributed by atoms with E-state index in [1.165, 1.54) is 19.3 Å². The number of rotatable bonds is 10. The average Bonchev–Trinajstić information content (AvgIpc) is 3.13. The van der Waals surface area contributed by atoms with Crippen molar-refractivity contribution >= 4 is 11.9 Å². The van der Waals surface area contributed by atoms with Crippen molar-refractivity contribution in [2.75, 3.05) is 13.1 Å². The Labute approximate surface area is 303 Å². The number of hydrogen-bond donors (Lipinski definition) is 4. The summed E-state index contributed by atoms with van der Waals surface area (Å²) in [5.74, 6) is 0.733. The van der Waals surface area contributed by atoms with Crippen LogP contribution in [0.1, 0.15) is 107 Å². The minimum absolute atomic E-state index is 0.00431. The van der Waals surface area contributed by atoms with Gasteiger partial charge < -0.3 is 30.5 Å². The van der Waals surface area contributed by atoms with Gasteiger partial charge in [-0.15, -0.1) is 0 Å². The van der Waals surface area contributed by atoms with Crippen molar-refractivity contribution in [3.63, 3.8) is 0 Å². The highest BCUT2D eigenvalue weighted by Crippen LogP contribution is 2.42. The second-order valence-corrected chi connectivity index (χ2v) is 15.5. The average molecular weight is 697 g/mol. The van der Waals surface area contributed by atoms with Gasteiger partial charge in [-0.3, -0.25) is 9.69 Å². The number of aliphatic hydroxyl groups is 1. The number of nitrogens with one attached hydrogen (secondary N) is 3. The molecule has 6 unspecified atom stereocenters. The zero-order valence-corrected chi connectivity index (χ0v) is 30.7. The van der Waals surface area contributed by atoms with Crippen molar-refractivity contribution in [3.05, 3.63) is 95.1 Å². The summed E-state index contributed by atoms with van der Waals surface area (Å²) in [6.45, 7) is 9.74. The molecule has 1 aliphatic carbocycles. The Morgan fingerprint density at radius 1 is 0.843 bits per heavy atom. The van der Waals surface area contributed by atoms with E-state index in [-0.39, 0.29) is 42.3 Å². The van der Waals surface area contributed by atoms with Crippen molar-refractivity contribution < 1.29 is 24.2 Å². The van der Waals surface area contributed by atoms with Crippen LogP contribution in [0.5, 0.6) is 0 Å². The molecule has 9 heteroatoms. The van der Waals surface area contributed by atoms with E-state index in [9.17, 15) is 14.7 Å². The van der Waals surface area contributed by atoms with Crippen molar-refractivity contribution in [1.29, 1.82) is 0 Å². The highest BCUT2D eigenvalue weighted by Gasteiger charge is 2.44. The first-order valence-electron chi connectivity index (χ1n) is 18.9. The largest absolute Gasteiger partial charge is 0.392 e. The number of nitrogens with zero attached hydrogens (tertiary/aromatic N) is 1. The molecule has 4 N–H and O–H groups in total. The molecule has 2 saturated heterocycles. The molecule has 6 atom stereocenters. The van der Waals surface area contributed by atoms with Crippen molar-refractivity contribution in [1.82, 2.24) is 20.9 Å². The highest BCUT2D eigenvalue weighted by molar-refractivity contribution is 5.82. The SMILES string of the molecule is CCNC(=O)NCc1cccc(-c2ccc(C3OC(CN4C(C(=O)NC(C)(C)C)CCC5CCCCC54)CC(c4ccc(CO)cc4)O3)cc2)c1. The van der Waals surface area contributed by atoms with Gasteiger partial charge in [-0.25, -0.2) is 4.79 Å². The molecule has 3 aromatic carbocycles. The third kappa shape index (κ3) is 9.57. The van der Waals surface area contributed by atoms with Gasteiger partial charge in [-0.05, 0) is 93.2 Å². The van der Waals surface area contributed by atoms with Gasteiger partial charge >= 0.3 is 6.03 Å². The summed E-state index contributed by atoms with van der Waals surface area (Å²) in [5, 5.41) is 18.6. The van der Waals surface area contributed by atoms with Gasteiger partial charge in [0.15, 0.2) is 6.29 Å². The van der Waals surface area contributed by atoms with Gasteiger partial charge in [0.1, 0.15) is 0 Å². The van der Waals surface area contributed by atoms with E-state index in [0.717, 1.165) is 52.6 Å². The third-order valence-electron chi connectivity index (χ3n) is 10.6. The molecule has 2 heterocycles. The van der Waals surface area contributed by atoms with Crippen LogP contribution in [0.3, 0.4) is 0 Å². The lowest BCUT2D eigenvalue weighted by Gasteiger charge is -2.50. The lowest BCUT2D eigenvalue weighted by Crippen LogP contribution is -2.61. The van der Waals surface area contributed by atoms with E-state index < -0.39 is 6.29 Å². The Balaban J connectivity index is 1.24. The van der Waals surface area contributed by atoms with E-state index in [0.29, 0.717) is 38.0 Å². The Kier molecular flexibility index (Phi) is 12.1. The summed E-state index contributed by atoms with van der Waals surface area (Å²) in [5.41, 5.74) is 5.70. The molecule has 3 aliphatic rings. The highest BCUT2D eigenvalue weighted by atomic mass is 16.7. The summed E-state index contributed by atoms with van der Waals surface area (Å²) < 4.78 is 13.5. The minimum atomic E-state index is -0.582. The molecule has 0 spiro atoms. The predicted octanol–water partition coefficient (Wildman–Crippen LogP) is 7.15. The summed E-state index contributed by atoms with van der Waals surface area (Å²) in [7, 11) is 0. The first-order chi connectivity index (χ1) is 24.6. The molecular weight excluding hydrogens is 640 g/mol. The van der Waals surface area contributed by atoms with Gasteiger partial charge in [0, 0.05) is 43.2 Å². The van der Waals surface area contributed by atoms with Crippen molar-refractivity contribution in [2.45, 2.75) is 122 Å². The molecule has 0 aromatic heterocycles. The van der Waals surface area contributed by atoms with Crippen molar-refractivity contribution in [3.8, 4) is 11.1 Å². The number of urea groups is 1. The smallest absolute Gasteiger partial charge is 0.315 e. The summed E-state index contributed by atoms with van der Waals surface area (Å²) in [6, 6.07) is 24.6. The molecule has 274 valence electrons. The zero-order chi connectivity index (χ0) is 36.0. The normalized spacial score (nSPS) is 25.4. The molecule has 6 rings (SSSR count). The Morgan fingerprint density at radius 3 is 2.31 bits per heavy atom. The van der Waals surface area contributed by atoms with Gasteiger partial charge in [0.05, 0.1) is 24.9 Å². The van der Waals surface area contributed by atoms with Crippen LogP contribution in [0.2, 0.25) is 0 Å². The van der Waals surface area contributed by atoms with E-state index in [2.05, 4.69) is 57.2 Å². The zero-order valence-electron chi connectivity index (χ0n) is 30.7. The summed E-state index contributed by atoms with van der Waals surface area (Å²) in [6.07, 6.45) is 6.51. The number of likely N-dealkylation sites (tertiary alicyclic amines) is 1. The number of amides is 3. The molecule has 3 aromatic rings. The third-order valence-corrected chi connectivity index (χ3v) is 10.6. The molecule has 0 radical (unpaired) electrons. The van der Waals surface area contributed by atoms with E-state index >= 15 is 0 Å². The fourth-order valence-electron chi connectivity index (χ4n) is 8.09. The van der Waals surface area contributed by atoms with Gasteiger partial charge in [-0.2, -0.15) is 0 Å². The molecule has 3 fully saturated rings. The topological polar surface area (TPSA) is 112 Å². The summed E-state index contributed by atoms with van der Waals surface area (Å²) in [4.78, 5) is 28.2. The van der Waals surface area contributed by atoms with E-state index in [4.69, 9.17) is 9.47 Å². The first kappa shape index (κ1) is 37.0. The number of ether oxygens (including phenoxy) is 2. The van der Waals surface area contributed by atoms with Crippen LogP contribution in [-0.2, 0) is 27.4 Å². The van der Waals surface area contributed by atoms with Crippen LogP contribution in [0, 0.1) is 5.92 Å². The van der Waals surface area contributed by atoms with Crippen LogP contribution < -0.4 is 16.0 Å². The maximum Gasteiger partial charge on any atom is 0.315 e. The fraction of sp³-hybridized carbons (Fsp3) is 0.524. The number of piperidine rings is 1. The van der Waals surface area contributed by atoms with Crippen LogP contribution in [-0.4, -0.2) is 58.8 Å². The predicted molar refractivity (Wildman–Crippen MR) is 200 cm³/mol. The van der Waals surface area contributed by atoms with Gasteiger partial charge in [-0.1, -0.05) is 79.6 Å². The second-order valence-electron chi connectivity index (χ2n) is 15.5. The number of fused-ring (bicyclic) bond motifs is 1. The maximum absolute atomic E-state index is 13.8. The quantitative estimate of drug-likeness (QED) is 0.179. The van der Waals surface area contributed by atoms with Crippen LogP contribution in [0.4, 0.5) is 4.79 Å². The van der Waals surface area contributed by atoms with E-state index in [1.54, 1.807) is 0 Å². The maximum atomic E-state index is 13.8. The first-order valence-corrected chi connectivity index (χ1v) is 18.9. The summed E-state index contributed by atoms with van der Waals surface area (Å²) >= 11 is 0. The number of benzene rings is 3. The molecular formula is C42H56N4O5. The number of carbonyl (C=O) groups is 2.